The van der Waals surface area contributed by atoms with Crippen molar-refractivity contribution >= 4 is 11.8 Å². The Hall–Kier alpha value is -0.410. The van der Waals surface area contributed by atoms with Gasteiger partial charge in [0, 0.05) is 0 Å². The van der Waals surface area contributed by atoms with Gasteiger partial charge < -0.3 is 10.2 Å². The van der Waals surface area contributed by atoms with Crippen molar-refractivity contribution in [2.24, 2.45) is 5.73 Å². The summed E-state index contributed by atoms with van der Waals surface area (Å²) in [5.74, 6) is 4.31. The van der Waals surface area contributed by atoms with Gasteiger partial charge in [0.25, 0.3) is 0 Å². The molecule has 60 valence electrons. The van der Waals surface area contributed by atoms with Crippen molar-refractivity contribution in [1.29, 1.82) is 0 Å². The van der Waals surface area contributed by atoms with Gasteiger partial charge in [0.2, 0.25) is 0 Å². The molecule has 0 fully saturated rings. The second-order valence-corrected chi connectivity index (χ2v) is 3.77. The fourth-order valence-electron chi connectivity index (χ4n) is 1.31. The van der Waals surface area contributed by atoms with Crippen LogP contribution in [0.15, 0.2) is 10.5 Å². The summed E-state index contributed by atoms with van der Waals surface area (Å²) < 4.78 is 5.51. The summed E-state index contributed by atoms with van der Waals surface area (Å²) in [5, 5.41) is 0. The van der Waals surface area contributed by atoms with Gasteiger partial charge in [0.05, 0.1) is 12.3 Å². The number of furan rings is 1. The third kappa shape index (κ3) is 1.30. The van der Waals surface area contributed by atoms with Crippen LogP contribution in [0.1, 0.15) is 17.1 Å². The minimum Gasteiger partial charge on any atom is -0.464 e. The lowest BCUT2D eigenvalue weighted by molar-refractivity contribution is 0.479. The lowest BCUT2D eigenvalue weighted by Gasteiger charge is -2.07. The SMILES string of the molecule is NCc1cc2c(o1)CSCC2. The van der Waals surface area contributed by atoms with Gasteiger partial charge >= 0.3 is 0 Å². The first-order valence-corrected chi connectivity index (χ1v) is 4.94. The van der Waals surface area contributed by atoms with Crippen LogP contribution < -0.4 is 5.73 Å². The van der Waals surface area contributed by atoms with E-state index in [-0.39, 0.29) is 0 Å². The zero-order chi connectivity index (χ0) is 7.68. The van der Waals surface area contributed by atoms with E-state index in [1.807, 2.05) is 11.8 Å². The maximum Gasteiger partial charge on any atom is 0.118 e. The maximum atomic E-state index is 5.51. The average Bonchev–Trinajstić information content (AvgIpc) is 2.46. The van der Waals surface area contributed by atoms with Crippen LogP contribution in [-0.2, 0) is 18.7 Å². The number of fused-ring (bicyclic) bond motifs is 1. The van der Waals surface area contributed by atoms with E-state index in [4.69, 9.17) is 10.2 Å². The quantitative estimate of drug-likeness (QED) is 0.693. The van der Waals surface area contributed by atoms with Gasteiger partial charge in [-0.25, -0.2) is 0 Å². The van der Waals surface area contributed by atoms with Crippen LogP contribution in [0.25, 0.3) is 0 Å². The predicted octanol–water partition coefficient (Wildman–Crippen LogP) is 1.53. The smallest absolute Gasteiger partial charge is 0.118 e. The first-order valence-electron chi connectivity index (χ1n) is 3.78. The Bertz CT molecular complexity index is 233. The van der Waals surface area contributed by atoms with Crippen molar-refractivity contribution in [3.63, 3.8) is 0 Å². The molecule has 0 saturated heterocycles. The molecule has 0 atom stereocenters. The molecule has 0 aliphatic carbocycles. The van der Waals surface area contributed by atoms with Crippen molar-refractivity contribution in [2.75, 3.05) is 5.75 Å². The largest absolute Gasteiger partial charge is 0.464 e. The normalized spacial score (nSPS) is 16.5. The van der Waals surface area contributed by atoms with E-state index < -0.39 is 0 Å². The molecule has 3 heteroatoms. The van der Waals surface area contributed by atoms with Gasteiger partial charge in [-0.15, -0.1) is 0 Å². The fourth-order valence-corrected chi connectivity index (χ4v) is 2.25. The zero-order valence-corrected chi connectivity index (χ0v) is 7.12. The topological polar surface area (TPSA) is 39.2 Å². The number of hydrogen-bond donors (Lipinski definition) is 1. The van der Waals surface area contributed by atoms with Crippen LogP contribution >= 0.6 is 11.8 Å². The van der Waals surface area contributed by atoms with Crippen LogP contribution in [0.5, 0.6) is 0 Å². The molecule has 0 bridgehead atoms. The first-order chi connectivity index (χ1) is 5.40. The predicted molar refractivity (Wildman–Crippen MR) is 46.5 cm³/mol. The molecule has 2 rings (SSSR count). The monoisotopic (exact) mass is 169 g/mol. The Balaban J connectivity index is 2.32. The Morgan fingerprint density at radius 1 is 1.64 bits per heavy atom. The fraction of sp³-hybridized carbons (Fsp3) is 0.500. The second-order valence-electron chi connectivity index (χ2n) is 2.67. The number of thioether (sulfide) groups is 1. The van der Waals surface area contributed by atoms with E-state index in [1.54, 1.807) is 0 Å². The Labute approximate surface area is 70.1 Å². The summed E-state index contributed by atoms with van der Waals surface area (Å²) in [4.78, 5) is 0. The Morgan fingerprint density at radius 3 is 3.27 bits per heavy atom. The third-order valence-electron chi connectivity index (χ3n) is 1.90. The highest BCUT2D eigenvalue weighted by atomic mass is 32.2. The zero-order valence-electron chi connectivity index (χ0n) is 6.30. The van der Waals surface area contributed by atoms with Gasteiger partial charge in [-0.2, -0.15) is 11.8 Å². The molecule has 11 heavy (non-hydrogen) atoms. The van der Waals surface area contributed by atoms with E-state index >= 15 is 0 Å². The van der Waals surface area contributed by atoms with E-state index in [1.165, 1.54) is 11.3 Å². The summed E-state index contributed by atoms with van der Waals surface area (Å²) in [6.45, 7) is 0.525. The van der Waals surface area contributed by atoms with Gasteiger partial charge in [-0.3, -0.25) is 0 Å². The van der Waals surface area contributed by atoms with Gasteiger partial charge in [-0.1, -0.05) is 0 Å². The second kappa shape index (κ2) is 2.91. The Morgan fingerprint density at radius 2 is 2.55 bits per heavy atom. The molecular formula is C8H11NOS. The molecule has 1 aromatic heterocycles. The molecule has 1 aliphatic rings. The lowest BCUT2D eigenvalue weighted by atomic mass is 10.2. The highest BCUT2D eigenvalue weighted by Crippen LogP contribution is 2.26. The van der Waals surface area contributed by atoms with Crippen molar-refractivity contribution < 1.29 is 4.42 Å². The third-order valence-corrected chi connectivity index (χ3v) is 2.86. The van der Waals surface area contributed by atoms with Crippen LogP contribution in [0.4, 0.5) is 0 Å². The number of aryl methyl sites for hydroxylation is 1. The number of rotatable bonds is 1. The molecule has 2 nitrogen and oxygen atoms in total. The van der Waals surface area contributed by atoms with Crippen LogP contribution in [0, 0.1) is 0 Å². The summed E-state index contributed by atoms with van der Waals surface area (Å²) in [5.41, 5.74) is 6.83. The molecule has 0 radical (unpaired) electrons. The van der Waals surface area contributed by atoms with E-state index in [2.05, 4.69) is 6.07 Å². The molecule has 1 aliphatic heterocycles. The highest BCUT2D eigenvalue weighted by molar-refractivity contribution is 7.98. The van der Waals surface area contributed by atoms with E-state index in [9.17, 15) is 0 Å². The van der Waals surface area contributed by atoms with Crippen molar-refractivity contribution in [2.45, 2.75) is 18.7 Å². The van der Waals surface area contributed by atoms with Gasteiger partial charge in [0.15, 0.2) is 0 Å². The molecule has 1 aromatic rings. The van der Waals surface area contributed by atoms with Crippen LogP contribution in [0.2, 0.25) is 0 Å². The van der Waals surface area contributed by atoms with Crippen LogP contribution in [-0.4, -0.2) is 5.75 Å². The minimum absolute atomic E-state index is 0.525. The average molecular weight is 169 g/mol. The minimum atomic E-state index is 0.525. The summed E-state index contributed by atoms with van der Waals surface area (Å²) in [6, 6.07) is 2.09. The van der Waals surface area contributed by atoms with Gasteiger partial charge in [0.1, 0.15) is 11.5 Å². The Kier molecular flexibility index (Phi) is 1.92. The molecular weight excluding hydrogens is 158 g/mol. The summed E-state index contributed by atoms with van der Waals surface area (Å²) in [6.07, 6.45) is 1.14. The molecule has 0 saturated carbocycles. The maximum absolute atomic E-state index is 5.51. The first kappa shape index (κ1) is 7.25. The van der Waals surface area contributed by atoms with E-state index in [0.717, 1.165) is 23.7 Å². The van der Waals surface area contributed by atoms with Crippen molar-refractivity contribution in [1.82, 2.24) is 0 Å². The molecule has 0 unspecified atom stereocenters. The van der Waals surface area contributed by atoms with E-state index in [0.29, 0.717) is 6.54 Å². The molecule has 0 amide bonds. The summed E-state index contributed by atoms with van der Waals surface area (Å²) in [7, 11) is 0. The lowest BCUT2D eigenvalue weighted by Crippen LogP contribution is -1.97. The molecule has 2 heterocycles. The number of nitrogens with two attached hydrogens (primary N) is 1. The highest BCUT2D eigenvalue weighted by Gasteiger charge is 2.14. The number of hydrogen-bond acceptors (Lipinski definition) is 3. The van der Waals surface area contributed by atoms with Crippen LogP contribution in [0.3, 0.4) is 0 Å². The van der Waals surface area contributed by atoms with Crippen molar-refractivity contribution in [3.05, 3.63) is 23.2 Å². The molecule has 0 spiro atoms. The standard InChI is InChI=1S/C8H11NOS/c9-4-7-3-6-1-2-11-5-8(6)10-7/h3H,1-2,4-5,9H2. The van der Waals surface area contributed by atoms with Gasteiger partial charge in [-0.05, 0) is 23.8 Å². The van der Waals surface area contributed by atoms with Crippen molar-refractivity contribution in [3.8, 4) is 0 Å². The molecule has 2 N–H and O–H groups in total. The summed E-state index contributed by atoms with van der Waals surface area (Å²) >= 11 is 1.93. The molecule has 0 aromatic carbocycles.